The topological polar surface area (TPSA) is 12.5 Å². The van der Waals surface area contributed by atoms with E-state index in [9.17, 15) is 0 Å². The van der Waals surface area contributed by atoms with E-state index in [4.69, 9.17) is 4.74 Å². The van der Waals surface area contributed by atoms with Crippen LogP contribution < -0.4 is 9.64 Å². The molecule has 57 heavy (non-hydrogen) atoms. The fourth-order valence-electron chi connectivity index (χ4n) is 9.24. The molecule has 2 aliphatic rings. The molecule has 1 aliphatic carbocycles. The molecular weight excluding hydrogens is 691 g/mol. The molecule has 0 saturated heterocycles. The molecule has 9 aromatic carbocycles. The minimum atomic E-state index is -0.642. The highest BCUT2D eigenvalue weighted by Gasteiger charge is 2.51. The van der Waals surface area contributed by atoms with Gasteiger partial charge in [-0.2, -0.15) is 0 Å². The Morgan fingerprint density at radius 3 is 1.40 bits per heavy atom. The molecule has 0 unspecified atom stereocenters. The number of para-hydroxylation sites is 2. The summed E-state index contributed by atoms with van der Waals surface area (Å²) in [7, 11) is 0. The third-order valence-electron chi connectivity index (χ3n) is 11.7. The quantitative estimate of drug-likeness (QED) is 0.169. The van der Waals surface area contributed by atoms with Crippen LogP contribution in [0.2, 0.25) is 0 Å². The smallest absolute Gasteiger partial charge is 0.132 e. The normalized spacial score (nSPS) is 12.8. The minimum absolute atomic E-state index is 0.642. The third kappa shape index (κ3) is 5.26. The lowest BCUT2D eigenvalue weighted by Gasteiger charge is -2.40. The van der Waals surface area contributed by atoms with Gasteiger partial charge in [-0.25, -0.2) is 0 Å². The van der Waals surface area contributed by atoms with Crippen molar-refractivity contribution in [2.24, 2.45) is 0 Å². The predicted molar refractivity (Wildman–Crippen MR) is 235 cm³/mol. The second-order valence-corrected chi connectivity index (χ2v) is 14.8. The summed E-state index contributed by atoms with van der Waals surface area (Å²) in [5, 5.41) is 0. The summed E-state index contributed by atoms with van der Waals surface area (Å²) in [6.07, 6.45) is 0. The zero-order valence-electron chi connectivity index (χ0n) is 31.2. The van der Waals surface area contributed by atoms with Crippen molar-refractivity contribution in [3.05, 3.63) is 247 Å². The van der Waals surface area contributed by atoms with Crippen molar-refractivity contribution in [3.63, 3.8) is 0 Å². The fourth-order valence-corrected chi connectivity index (χ4v) is 9.24. The van der Waals surface area contributed by atoms with Gasteiger partial charge in [0.05, 0.1) is 11.1 Å². The highest BCUT2D eigenvalue weighted by molar-refractivity contribution is 5.94. The van der Waals surface area contributed by atoms with Gasteiger partial charge in [-0.1, -0.05) is 182 Å². The van der Waals surface area contributed by atoms with Gasteiger partial charge >= 0.3 is 0 Å². The zero-order valence-corrected chi connectivity index (χ0v) is 31.2. The number of hydrogen-bond donors (Lipinski definition) is 0. The zero-order chi connectivity index (χ0) is 37.8. The molecule has 1 heterocycles. The maximum absolute atomic E-state index is 7.09. The Morgan fingerprint density at radius 1 is 0.298 bits per heavy atom. The highest BCUT2D eigenvalue weighted by atomic mass is 16.5. The van der Waals surface area contributed by atoms with Gasteiger partial charge in [0.15, 0.2) is 0 Å². The first-order chi connectivity index (χ1) is 28.3. The van der Waals surface area contributed by atoms with E-state index >= 15 is 0 Å². The van der Waals surface area contributed by atoms with Crippen LogP contribution >= 0.6 is 0 Å². The molecule has 268 valence electrons. The number of benzene rings is 9. The molecule has 9 aromatic rings. The molecular formula is C55H37NO. The van der Waals surface area contributed by atoms with Gasteiger partial charge in [0, 0.05) is 28.1 Å². The lowest BCUT2D eigenvalue weighted by Crippen LogP contribution is -2.32. The SMILES string of the molecule is c1ccc(-c2ccc3c(c2)Oc2cc(-c4ccccc4)ccc2C32c3ccccc3-c3ccc(N(c4ccccc4)c4ccccc4-c4ccccc4)cc32)cc1. The van der Waals surface area contributed by atoms with Crippen molar-refractivity contribution in [1.82, 2.24) is 0 Å². The minimum Gasteiger partial charge on any atom is -0.457 e. The molecule has 2 nitrogen and oxygen atoms in total. The fraction of sp³-hybridized carbons (Fsp3) is 0.0182. The number of hydrogen-bond acceptors (Lipinski definition) is 2. The maximum Gasteiger partial charge on any atom is 0.132 e. The molecule has 0 bridgehead atoms. The molecule has 1 spiro atoms. The summed E-state index contributed by atoms with van der Waals surface area (Å²) in [6.45, 7) is 0. The Bertz CT molecular complexity index is 2830. The Labute approximate surface area is 333 Å². The third-order valence-corrected chi connectivity index (χ3v) is 11.7. The summed E-state index contributed by atoms with van der Waals surface area (Å²) >= 11 is 0. The lowest BCUT2D eigenvalue weighted by molar-refractivity contribution is 0.437. The monoisotopic (exact) mass is 727 g/mol. The van der Waals surface area contributed by atoms with Crippen molar-refractivity contribution >= 4 is 17.1 Å². The first-order valence-electron chi connectivity index (χ1n) is 19.6. The summed E-state index contributed by atoms with van der Waals surface area (Å²) in [5.74, 6) is 1.74. The summed E-state index contributed by atoms with van der Waals surface area (Å²) in [6, 6.07) is 81.0. The van der Waals surface area contributed by atoms with Gasteiger partial charge in [-0.3, -0.25) is 0 Å². The van der Waals surface area contributed by atoms with Crippen LogP contribution in [0.4, 0.5) is 17.1 Å². The molecule has 0 N–H and O–H groups in total. The van der Waals surface area contributed by atoms with Gasteiger partial charge < -0.3 is 9.64 Å². The van der Waals surface area contributed by atoms with E-state index in [0.29, 0.717) is 0 Å². The van der Waals surface area contributed by atoms with Crippen LogP contribution in [0.3, 0.4) is 0 Å². The largest absolute Gasteiger partial charge is 0.457 e. The number of nitrogens with zero attached hydrogens (tertiary/aromatic N) is 1. The van der Waals surface area contributed by atoms with Gasteiger partial charge in [0.2, 0.25) is 0 Å². The van der Waals surface area contributed by atoms with Crippen LogP contribution in [-0.4, -0.2) is 0 Å². The van der Waals surface area contributed by atoms with Crippen molar-refractivity contribution < 1.29 is 4.74 Å². The summed E-state index contributed by atoms with van der Waals surface area (Å²) in [5.41, 5.74) is 16.8. The number of ether oxygens (including phenoxy) is 1. The van der Waals surface area contributed by atoms with Crippen LogP contribution in [0.5, 0.6) is 11.5 Å². The second-order valence-electron chi connectivity index (χ2n) is 14.8. The molecule has 2 heteroatoms. The van der Waals surface area contributed by atoms with E-state index in [1.165, 1.54) is 33.4 Å². The lowest BCUT2D eigenvalue weighted by atomic mass is 9.65. The standard InChI is InChI=1S/C55H37NO/c1-5-17-38(18-6-1)41-29-33-49-53(35-41)57-54-36-42(39-19-7-2-8-20-39)30-34-50(54)55(49)48-27-15-13-26-46(48)47-32-31-44(37-51(47)55)56(43-23-11-4-12-24-43)52-28-16-14-25-45(52)40-21-9-3-10-22-40/h1-37H. The highest BCUT2D eigenvalue weighted by Crippen LogP contribution is 2.63. The van der Waals surface area contributed by atoms with Crippen molar-refractivity contribution in [1.29, 1.82) is 0 Å². The van der Waals surface area contributed by atoms with Crippen LogP contribution in [-0.2, 0) is 5.41 Å². The van der Waals surface area contributed by atoms with Crippen LogP contribution in [0.1, 0.15) is 22.3 Å². The van der Waals surface area contributed by atoms with Gasteiger partial charge in [-0.15, -0.1) is 0 Å². The van der Waals surface area contributed by atoms with E-state index in [1.54, 1.807) is 0 Å². The molecule has 0 fully saturated rings. The second kappa shape index (κ2) is 13.4. The van der Waals surface area contributed by atoms with Crippen LogP contribution in [0.25, 0.3) is 44.5 Å². The molecule has 0 radical (unpaired) electrons. The van der Waals surface area contributed by atoms with Gasteiger partial charge in [0.1, 0.15) is 11.5 Å². The Balaban J connectivity index is 1.19. The Hall–Kier alpha value is -7.42. The van der Waals surface area contributed by atoms with Gasteiger partial charge in [0.25, 0.3) is 0 Å². The van der Waals surface area contributed by atoms with Crippen molar-refractivity contribution in [2.75, 3.05) is 4.90 Å². The molecule has 0 saturated carbocycles. The van der Waals surface area contributed by atoms with Gasteiger partial charge in [-0.05, 0) is 92.5 Å². The maximum atomic E-state index is 7.09. The predicted octanol–water partition coefficient (Wildman–Crippen LogP) is 14.6. The van der Waals surface area contributed by atoms with Crippen molar-refractivity contribution in [3.8, 4) is 56.0 Å². The Morgan fingerprint density at radius 2 is 0.789 bits per heavy atom. The first-order valence-corrected chi connectivity index (χ1v) is 19.6. The van der Waals surface area contributed by atoms with E-state index in [0.717, 1.165) is 61.9 Å². The molecule has 0 atom stereocenters. The van der Waals surface area contributed by atoms with E-state index in [2.05, 4.69) is 229 Å². The number of rotatable bonds is 6. The van der Waals surface area contributed by atoms with E-state index < -0.39 is 5.41 Å². The van der Waals surface area contributed by atoms with Crippen LogP contribution in [0, 0.1) is 0 Å². The molecule has 1 aliphatic heterocycles. The summed E-state index contributed by atoms with van der Waals surface area (Å²) < 4.78 is 7.09. The number of fused-ring (bicyclic) bond motifs is 9. The molecule has 0 amide bonds. The average molecular weight is 728 g/mol. The first kappa shape index (κ1) is 33.0. The average Bonchev–Trinajstić information content (AvgIpc) is 3.57. The van der Waals surface area contributed by atoms with E-state index in [1.807, 2.05) is 0 Å². The summed E-state index contributed by atoms with van der Waals surface area (Å²) in [4.78, 5) is 2.41. The number of anilines is 3. The van der Waals surface area contributed by atoms with Crippen molar-refractivity contribution in [2.45, 2.75) is 5.41 Å². The van der Waals surface area contributed by atoms with Crippen LogP contribution in [0.15, 0.2) is 224 Å². The molecule has 11 rings (SSSR count). The Kier molecular flexibility index (Phi) is 7.75. The molecule has 0 aromatic heterocycles. The van der Waals surface area contributed by atoms with E-state index in [-0.39, 0.29) is 0 Å².